The zero-order chi connectivity index (χ0) is 12.3. The maximum atomic E-state index is 9.77. The standard InChI is InChI=1S/C14H18N2O/c1-2-3-5-10-8-11-6-4-7-13(17)14(11)16-12(10)9-15/h4,6-9,16-17H,2-3,5,15H2,1H3. The van der Waals surface area contributed by atoms with Gasteiger partial charge in [0.05, 0.1) is 11.4 Å². The first kappa shape index (κ1) is 11.6. The number of unbranched alkanes of at least 4 members (excludes halogenated alkanes) is 1. The topological polar surface area (TPSA) is 58.3 Å². The molecule has 0 amide bonds. The summed E-state index contributed by atoms with van der Waals surface area (Å²) in [5.41, 5.74) is 9.48. The number of allylic oxidation sites excluding steroid dienone is 1. The van der Waals surface area contributed by atoms with Gasteiger partial charge in [-0.15, -0.1) is 0 Å². The second-order valence-electron chi connectivity index (χ2n) is 4.22. The Hall–Kier alpha value is -1.90. The number of aromatic hydroxyl groups is 1. The van der Waals surface area contributed by atoms with Gasteiger partial charge in [-0.25, -0.2) is 0 Å². The summed E-state index contributed by atoms with van der Waals surface area (Å²) in [6.45, 7) is 2.17. The molecule has 3 heteroatoms. The first-order chi connectivity index (χ1) is 8.26. The van der Waals surface area contributed by atoms with Crippen molar-refractivity contribution in [2.24, 2.45) is 5.73 Å². The Morgan fingerprint density at radius 3 is 2.94 bits per heavy atom. The van der Waals surface area contributed by atoms with E-state index in [4.69, 9.17) is 5.73 Å². The Morgan fingerprint density at radius 2 is 2.24 bits per heavy atom. The highest BCUT2D eigenvalue weighted by atomic mass is 16.3. The van der Waals surface area contributed by atoms with Crippen LogP contribution in [0.4, 0.5) is 5.69 Å². The second-order valence-corrected chi connectivity index (χ2v) is 4.22. The van der Waals surface area contributed by atoms with Crippen LogP contribution >= 0.6 is 0 Å². The van der Waals surface area contributed by atoms with Crippen LogP contribution in [0.15, 0.2) is 35.7 Å². The molecule has 0 radical (unpaired) electrons. The van der Waals surface area contributed by atoms with Gasteiger partial charge in [0.25, 0.3) is 0 Å². The molecule has 0 unspecified atom stereocenters. The molecule has 0 bridgehead atoms. The Morgan fingerprint density at radius 1 is 1.41 bits per heavy atom. The summed E-state index contributed by atoms with van der Waals surface area (Å²) in [6.07, 6.45) is 6.96. The monoisotopic (exact) mass is 230 g/mol. The first-order valence-corrected chi connectivity index (χ1v) is 5.98. The number of rotatable bonds is 3. The molecule has 0 aromatic heterocycles. The molecule has 0 spiro atoms. The van der Waals surface area contributed by atoms with Crippen LogP contribution in [0.1, 0.15) is 31.7 Å². The lowest BCUT2D eigenvalue weighted by atomic mass is 9.97. The van der Waals surface area contributed by atoms with E-state index in [0.29, 0.717) is 0 Å². The molecule has 0 saturated heterocycles. The zero-order valence-electron chi connectivity index (χ0n) is 10.0. The lowest BCUT2D eigenvalue weighted by Crippen LogP contribution is -2.10. The molecule has 1 heterocycles. The van der Waals surface area contributed by atoms with E-state index < -0.39 is 0 Å². The van der Waals surface area contributed by atoms with E-state index >= 15 is 0 Å². The van der Waals surface area contributed by atoms with Crippen molar-refractivity contribution in [3.63, 3.8) is 0 Å². The van der Waals surface area contributed by atoms with Gasteiger partial charge >= 0.3 is 0 Å². The molecule has 1 aliphatic rings. The minimum Gasteiger partial charge on any atom is -0.506 e. The first-order valence-electron chi connectivity index (χ1n) is 5.98. The number of phenols is 1. The quantitative estimate of drug-likeness (QED) is 0.699. The number of hydrogen-bond donors (Lipinski definition) is 3. The van der Waals surface area contributed by atoms with Crippen LogP contribution in [0.5, 0.6) is 5.75 Å². The van der Waals surface area contributed by atoms with E-state index in [9.17, 15) is 5.11 Å². The predicted molar refractivity (Wildman–Crippen MR) is 71.5 cm³/mol. The Labute approximate surface area is 102 Å². The Bertz CT molecular complexity index is 475. The summed E-state index contributed by atoms with van der Waals surface area (Å²) in [5, 5.41) is 13.0. The number of hydrogen-bond acceptors (Lipinski definition) is 3. The molecule has 3 nitrogen and oxygen atoms in total. The number of benzene rings is 1. The van der Waals surface area contributed by atoms with Crippen molar-refractivity contribution in [2.75, 3.05) is 5.32 Å². The fraction of sp³-hybridized carbons (Fsp3) is 0.286. The number of nitrogens with two attached hydrogens (primary N) is 1. The third-order valence-electron chi connectivity index (χ3n) is 2.98. The van der Waals surface area contributed by atoms with E-state index in [2.05, 4.69) is 18.3 Å². The average Bonchev–Trinajstić information content (AvgIpc) is 2.36. The van der Waals surface area contributed by atoms with E-state index in [1.165, 1.54) is 5.57 Å². The van der Waals surface area contributed by atoms with Crippen molar-refractivity contribution in [3.8, 4) is 5.75 Å². The van der Waals surface area contributed by atoms with Gasteiger partial charge in [0.2, 0.25) is 0 Å². The molecule has 1 aromatic carbocycles. The van der Waals surface area contributed by atoms with Crippen molar-refractivity contribution in [2.45, 2.75) is 26.2 Å². The fourth-order valence-corrected chi connectivity index (χ4v) is 2.02. The summed E-state index contributed by atoms with van der Waals surface area (Å²) >= 11 is 0. The zero-order valence-corrected chi connectivity index (χ0v) is 10.0. The van der Waals surface area contributed by atoms with E-state index in [-0.39, 0.29) is 5.75 Å². The highest BCUT2D eigenvalue weighted by Gasteiger charge is 2.16. The Kier molecular flexibility index (Phi) is 3.38. The number of nitrogens with one attached hydrogen (secondary N) is 1. The molecule has 4 N–H and O–H groups in total. The van der Waals surface area contributed by atoms with Crippen LogP contribution in [-0.4, -0.2) is 5.11 Å². The fourth-order valence-electron chi connectivity index (χ4n) is 2.02. The molecular formula is C14H18N2O. The van der Waals surface area contributed by atoms with Crippen LogP contribution in [-0.2, 0) is 0 Å². The molecule has 0 atom stereocenters. The predicted octanol–water partition coefficient (Wildman–Crippen LogP) is 3.19. The molecule has 17 heavy (non-hydrogen) atoms. The molecule has 0 aliphatic carbocycles. The maximum absolute atomic E-state index is 9.77. The van der Waals surface area contributed by atoms with E-state index in [1.54, 1.807) is 12.3 Å². The smallest absolute Gasteiger partial charge is 0.139 e. The van der Waals surface area contributed by atoms with E-state index in [0.717, 1.165) is 36.2 Å². The number of anilines is 1. The third kappa shape index (κ3) is 2.28. The van der Waals surface area contributed by atoms with Gasteiger partial charge in [-0.3, -0.25) is 0 Å². The molecular weight excluding hydrogens is 212 g/mol. The van der Waals surface area contributed by atoms with Gasteiger partial charge < -0.3 is 16.2 Å². The molecule has 1 aliphatic heterocycles. The highest BCUT2D eigenvalue weighted by Crippen LogP contribution is 2.36. The van der Waals surface area contributed by atoms with Crippen molar-refractivity contribution in [1.82, 2.24) is 0 Å². The Balaban J connectivity index is 2.38. The number of phenolic OH excluding ortho intramolecular Hbond substituents is 1. The van der Waals surface area contributed by atoms with Crippen LogP contribution < -0.4 is 11.1 Å². The van der Waals surface area contributed by atoms with Gasteiger partial charge in [-0.05, 0) is 30.6 Å². The third-order valence-corrected chi connectivity index (χ3v) is 2.98. The van der Waals surface area contributed by atoms with Gasteiger partial charge in [0.15, 0.2) is 0 Å². The van der Waals surface area contributed by atoms with Gasteiger partial charge in [0, 0.05) is 11.8 Å². The van der Waals surface area contributed by atoms with Crippen molar-refractivity contribution >= 4 is 11.8 Å². The lowest BCUT2D eigenvalue weighted by molar-refractivity contribution is 0.477. The van der Waals surface area contributed by atoms with Crippen LogP contribution in [0.2, 0.25) is 0 Å². The molecule has 0 fully saturated rings. The highest BCUT2D eigenvalue weighted by molar-refractivity contribution is 5.81. The molecule has 0 saturated carbocycles. The summed E-state index contributed by atoms with van der Waals surface area (Å²) in [7, 11) is 0. The lowest BCUT2D eigenvalue weighted by Gasteiger charge is -2.22. The van der Waals surface area contributed by atoms with Crippen molar-refractivity contribution in [3.05, 3.63) is 41.2 Å². The van der Waals surface area contributed by atoms with Crippen LogP contribution in [0.25, 0.3) is 6.08 Å². The largest absolute Gasteiger partial charge is 0.506 e. The summed E-state index contributed by atoms with van der Waals surface area (Å²) in [6, 6.07) is 5.51. The number of para-hydroxylation sites is 1. The van der Waals surface area contributed by atoms with Crippen LogP contribution in [0, 0.1) is 0 Å². The molecule has 2 rings (SSSR count). The van der Waals surface area contributed by atoms with Gasteiger partial charge in [-0.1, -0.05) is 25.5 Å². The SMILES string of the molecule is CCCCC1=Cc2cccc(O)c2NC1=CN. The second kappa shape index (κ2) is 4.95. The van der Waals surface area contributed by atoms with Crippen LogP contribution in [0.3, 0.4) is 0 Å². The van der Waals surface area contributed by atoms with Gasteiger partial charge in [0.1, 0.15) is 5.75 Å². The summed E-state index contributed by atoms with van der Waals surface area (Å²) < 4.78 is 0. The van der Waals surface area contributed by atoms with Gasteiger partial charge in [-0.2, -0.15) is 0 Å². The van der Waals surface area contributed by atoms with Crippen molar-refractivity contribution < 1.29 is 5.11 Å². The van der Waals surface area contributed by atoms with Crippen molar-refractivity contribution in [1.29, 1.82) is 0 Å². The summed E-state index contributed by atoms with van der Waals surface area (Å²) in [4.78, 5) is 0. The minimum atomic E-state index is 0.257. The van der Waals surface area contributed by atoms with E-state index in [1.807, 2.05) is 12.1 Å². The maximum Gasteiger partial charge on any atom is 0.139 e. The number of fused-ring (bicyclic) bond motifs is 1. The summed E-state index contributed by atoms with van der Waals surface area (Å²) in [5.74, 6) is 0.257. The minimum absolute atomic E-state index is 0.257. The molecule has 90 valence electrons. The molecule has 1 aromatic rings. The average molecular weight is 230 g/mol. The normalized spacial score (nSPS) is 16.3.